The molecule has 0 spiro atoms. The molecule has 0 saturated carbocycles. The summed E-state index contributed by atoms with van der Waals surface area (Å²) in [5.41, 5.74) is 8.77. The Kier molecular flexibility index (Phi) is 11.3. The van der Waals surface area contributed by atoms with Crippen LogP contribution in [0.2, 0.25) is 0 Å². The van der Waals surface area contributed by atoms with Crippen molar-refractivity contribution >= 4 is 38.8 Å². The Labute approximate surface area is 298 Å². The molecular formula is C46H38N2O3. The minimum Gasteiger partial charge on any atom is -0.457 e. The van der Waals surface area contributed by atoms with Crippen LogP contribution in [0.25, 0.3) is 21.5 Å². The minimum absolute atomic E-state index is 0.145. The molecule has 0 radical (unpaired) electrons. The Morgan fingerprint density at radius 2 is 0.863 bits per heavy atom. The van der Waals surface area contributed by atoms with Crippen LogP contribution >= 0.6 is 0 Å². The second-order valence-corrected chi connectivity index (χ2v) is 11.8. The van der Waals surface area contributed by atoms with E-state index in [1.54, 1.807) is 24.3 Å². The van der Waals surface area contributed by atoms with Crippen LogP contribution in [0, 0.1) is 6.92 Å². The highest BCUT2D eigenvalue weighted by molar-refractivity contribution is 6.04. The van der Waals surface area contributed by atoms with E-state index in [0.29, 0.717) is 11.3 Å². The molecule has 0 aliphatic rings. The number of fused-ring (bicyclic) bond motifs is 2. The Balaban J connectivity index is 0.000000154. The molecule has 1 amide bonds. The molecule has 0 atom stereocenters. The molecule has 51 heavy (non-hydrogen) atoms. The number of rotatable bonds is 6. The smallest absolute Gasteiger partial charge is 0.255 e. The number of nitrogens with one attached hydrogen (secondary N) is 1. The Morgan fingerprint density at radius 1 is 0.451 bits per heavy atom. The number of carbonyl (C=O) groups excluding carboxylic acids is 1. The SMILES string of the molecule is Cc1ccc(Oc2ccc3ccccc3c2)cc1.Nc1ccccc1.O=C(Nc1ccccc1)c1ccc(Oc2ccc3ccccc3c2)cc1. The van der Waals surface area contributed by atoms with Crippen LogP contribution in [-0.2, 0) is 0 Å². The van der Waals surface area contributed by atoms with E-state index in [1.807, 2.05) is 121 Å². The van der Waals surface area contributed by atoms with E-state index >= 15 is 0 Å². The first-order valence-electron chi connectivity index (χ1n) is 16.7. The lowest BCUT2D eigenvalue weighted by Crippen LogP contribution is -2.11. The van der Waals surface area contributed by atoms with E-state index in [1.165, 1.54) is 21.7 Å². The lowest BCUT2D eigenvalue weighted by molar-refractivity contribution is 0.102. The van der Waals surface area contributed by atoms with Crippen molar-refractivity contribution in [3.05, 3.63) is 205 Å². The fourth-order valence-electron chi connectivity index (χ4n) is 5.19. The van der Waals surface area contributed by atoms with Gasteiger partial charge in [-0.15, -0.1) is 0 Å². The van der Waals surface area contributed by atoms with E-state index in [2.05, 4.69) is 60.8 Å². The Morgan fingerprint density at radius 3 is 1.33 bits per heavy atom. The number of ether oxygens (including phenoxy) is 2. The zero-order valence-electron chi connectivity index (χ0n) is 28.3. The minimum atomic E-state index is -0.145. The van der Waals surface area contributed by atoms with E-state index in [-0.39, 0.29) is 5.91 Å². The average molecular weight is 667 g/mol. The van der Waals surface area contributed by atoms with Crippen molar-refractivity contribution in [1.82, 2.24) is 0 Å². The first-order chi connectivity index (χ1) is 25.0. The largest absolute Gasteiger partial charge is 0.457 e. The van der Waals surface area contributed by atoms with Gasteiger partial charge in [0.2, 0.25) is 0 Å². The van der Waals surface area contributed by atoms with Crippen molar-refractivity contribution in [1.29, 1.82) is 0 Å². The van der Waals surface area contributed by atoms with Gasteiger partial charge >= 0.3 is 0 Å². The second kappa shape index (κ2) is 17.0. The summed E-state index contributed by atoms with van der Waals surface area (Å²) in [5, 5.41) is 7.60. The third-order valence-corrected chi connectivity index (χ3v) is 7.88. The van der Waals surface area contributed by atoms with Gasteiger partial charge in [0.15, 0.2) is 0 Å². The standard InChI is InChI=1S/C23H17NO2.C17H14O.C6H7N/c25-23(24-20-8-2-1-3-9-20)18-11-13-21(14-12-18)26-22-15-10-17-6-4-5-7-19(17)16-22;1-13-6-9-16(10-7-13)18-17-11-8-14-4-2-3-5-15(14)12-17;7-6-4-2-1-3-5-6/h1-16H,(H,24,25);2-12H,1H3;1-5H,7H2. The summed E-state index contributed by atoms with van der Waals surface area (Å²) in [6.45, 7) is 2.07. The molecule has 0 aromatic heterocycles. The number of para-hydroxylation sites is 2. The molecule has 8 rings (SSSR count). The summed E-state index contributed by atoms with van der Waals surface area (Å²) in [6, 6.07) is 62.6. The summed E-state index contributed by atoms with van der Waals surface area (Å²) in [5.74, 6) is 3.06. The number of carbonyl (C=O) groups is 1. The normalized spacial score (nSPS) is 10.2. The molecule has 3 N–H and O–H groups in total. The maximum absolute atomic E-state index is 12.3. The second-order valence-electron chi connectivity index (χ2n) is 11.8. The molecule has 5 nitrogen and oxygen atoms in total. The monoisotopic (exact) mass is 666 g/mol. The van der Waals surface area contributed by atoms with Gasteiger partial charge in [-0.3, -0.25) is 4.79 Å². The number of hydrogen-bond donors (Lipinski definition) is 2. The molecule has 0 bridgehead atoms. The van der Waals surface area contributed by atoms with Gasteiger partial charge in [0.1, 0.15) is 23.0 Å². The lowest BCUT2D eigenvalue weighted by Gasteiger charge is -2.08. The van der Waals surface area contributed by atoms with E-state index in [9.17, 15) is 4.79 Å². The van der Waals surface area contributed by atoms with Crippen LogP contribution in [0.3, 0.4) is 0 Å². The maximum Gasteiger partial charge on any atom is 0.255 e. The molecule has 0 fully saturated rings. The summed E-state index contributed by atoms with van der Waals surface area (Å²) in [7, 11) is 0. The van der Waals surface area contributed by atoms with Gasteiger partial charge < -0.3 is 20.5 Å². The van der Waals surface area contributed by atoms with Gasteiger partial charge in [0.25, 0.3) is 5.91 Å². The summed E-state index contributed by atoms with van der Waals surface area (Å²) in [6.07, 6.45) is 0. The number of nitrogen functional groups attached to an aromatic ring is 1. The van der Waals surface area contributed by atoms with Gasteiger partial charge in [-0.05, 0) is 113 Å². The summed E-state index contributed by atoms with van der Waals surface area (Å²) < 4.78 is 11.7. The number of benzene rings is 8. The molecule has 8 aromatic rings. The average Bonchev–Trinajstić information content (AvgIpc) is 3.17. The zero-order chi connectivity index (χ0) is 35.3. The van der Waals surface area contributed by atoms with Crippen LogP contribution in [0.15, 0.2) is 194 Å². The summed E-state index contributed by atoms with van der Waals surface area (Å²) >= 11 is 0. The van der Waals surface area contributed by atoms with Crippen LogP contribution in [0.5, 0.6) is 23.0 Å². The van der Waals surface area contributed by atoms with E-state index < -0.39 is 0 Å². The van der Waals surface area contributed by atoms with E-state index in [4.69, 9.17) is 15.2 Å². The van der Waals surface area contributed by atoms with Crippen LogP contribution in [-0.4, -0.2) is 5.91 Å². The molecular weight excluding hydrogens is 629 g/mol. The maximum atomic E-state index is 12.3. The van der Waals surface area contributed by atoms with Crippen molar-refractivity contribution in [2.75, 3.05) is 11.1 Å². The van der Waals surface area contributed by atoms with Crippen molar-refractivity contribution in [2.45, 2.75) is 6.92 Å². The molecule has 0 aliphatic carbocycles. The van der Waals surface area contributed by atoms with Crippen molar-refractivity contribution in [3.8, 4) is 23.0 Å². The first-order valence-corrected chi connectivity index (χ1v) is 16.7. The van der Waals surface area contributed by atoms with Crippen molar-refractivity contribution in [3.63, 3.8) is 0 Å². The molecule has 0 aliphatic heterocycles. The van der Waals surface area contributed by atoms with Crippen LogP contribution in [0.1, 0.15) is 15.9 Å². The molecule has 8 aromatic carbocycles. The molecule has 0 saturated heterocycles. The summed E-state index contributed by atoms with van der Waals surface area (Å²) in [4.78, 5) is 12.3. The highest BCUT2D eigenvalue weighted by Crippen LogP contribution is 2.27. The van der Waals surface area contributed by atoms with Gasteiger partial charge in [-0.2, -0.15) is 0 Å². The topological polar surface area (TPSA) is 73.6 Å². The van der Waals surface area contributed by atoms with Gasteiger partial charge in [0.05, 0.1) is 0 Å². The Bertz CT molecular complexity index is 2310. The number of nitrogens with two attached hydrogens (primary N) is 1. The fourth-order valence-corrected chi connectivity index (χ4v) is 5.19. The zero-order valence-corrected chi connectivity index (χ0v) is 28.3. The molecule has 0 unspecified atom stereocenters. The number of amides is 1. The van der Waals surface area contributed by atoms with Gasteiger partial charge in [-0.1, -0.05) is 115 Å². The van der Waals surface area contributed by atoms with Crippen LogP contribution < -0.4 is 20.5 Å². The number of hydrogen-bond acceptors (Lipinski definition) is 4. The Hall–Kier alpha value is -6.85. The van der Waals surface area contributed by atoms with Gasteiger partial charge in [0, 0.05) is 16.9 Å². The molecule has 250 valence electrons. The van der Waals surface area contributed by atoms with Crippen molar-refractivity contribution in [2.24, 2.45) is 0 Å². The highest BCUT2D eigenvalue weighted by atomic mass is 16.5. The predicted molar refractivity (Wildman–Crippen MR) is 211 cm³/mol. The highest BCUT2D eigenvalue weighted by Gasteiger charge is 2.07. The van der Waals surface area contributed by atoms with Gasteiger partial charge in [-0.25, -0.2) is 0 Å². The third-order valence-electron chi connectivity index (χ3n) is 7.88. The van der Waals surface area contributed by atoms with E-state index in [0.717, 1.165) is 34.0 Å². The van der Waals surface area contributed by atoms with Crippen LogP contribution in [0.4, 0.5) is 11.4 Å². The fraction of sp³-hybridized carbons (Fsp3) is 0.0217. The number of anilines is 2. The van der Waals surface area contributed by atoms with Crippen molar-refractivity contribution < 1.29 is 14.3 Å². The first kappa shape index (κ1) is 34.0. The molecule has 5 heteroatoms. The molecule has 0 heterocycles. The third kappa shape index (κ3) is 10.1. The predicted octanol–water partition coefficient (Wildman–Crippen LogP) is 12.1. The quantitative estimate of drug-likeness (QED) is 0.173. The lowest BCUT2D eigenvalue weighted by atomic mass is 10.1. The number of aryl methyl sites for hydroxylation is 1.